The molecule has 0 fully saturated rings. The summed E-state index contributed by atoms with van der Waals surface area (Å²) in [6, 6.07) is 0. The van der Waals surface area contributed by atoms with Crippen molar-refractivity contribution in [3.8, 4) is 0 Å². The van der Waals surface area contributed by atoms with Crippen molar-refractivity contribution >= 4 is 15.8 Å². The quantitative estimate of drug-likeness (QED) is 0.794. The fourth-order valence-electron chi connectivity index (χ4n) is 1.85. The molecule has 0 saturated heterocycles. The Labute approximate surface area is 107 Å². The van der Waals surface area contributed by atoms with E-state index in [4.69, 9.17) is 5.11 Å². The Bertz CT molecular complexity index is 479. The molecule has 0 aromatic carbocycles. The van der Waals surface area contributed by atoms with Gasteiger partial charge in [-0.05, 0) is 12.3 Å². The second-order valence-electron chi connectivity index (χ2n) is 4.52. The Morgan fingerprint density at radius 1 is 1.44 bits per heavy atom. The van der Waals surface area contributed by atoms with Crippen molar-refractivity contribution < 1.29 is 18.3 Å². The molecule has 1 aromatic rings. The first-order valence-electron chi connectivity index (χ1n) is 5.74. The summed E-state index contributed by atoms with van der Waals surface area (Å²) < 4.78 is 25.6. The van der Waals surface area contributed by atoms with E-state index in [0.29, 0.717) is 13.0 Å². The van der Waals surface area contributed by atoms with Crippen LogP contribution in [0.4, 0.5) is 0 Å². The molecule has 1 rings (SSSR count). The molecule has 1 heterocycles. The minimum absolute atomic E-state index is 0.125. The number of aryl methyl sites for hydroxylation is 1. The average molecular weight is 274 g/mol. The van der Waals surface area contributed by atoms with E-state index >= 15 is 0 Å². The standard InChI is InChI=1S/C11H18N2O4S/c1-9(2)10(11(14)15)18(16,17)7-3-5-13-6-4-12-8-13/h4,6,8-10H,3,5,7H2,1-2H3,(H,14,15). The van der Waals surface area contributed by atoms with E-state index in [2.05, 4.69) is 4.98 Å². The topological polar surface area (TPSA) is 89.3 Å². The zero-order valence-electron chi connectivity index (χ0n) is 10.5. The van der Waals surface area contributed by atoms with E-state index in [1.54, 1.807) is 37.1 Å². The third-order valence-corrected chi connectivity index (χ3v) is 5.02. The maximum Gasteiger partial charge on any atom is 0.322 e. The molecule has 1 aromatic heterocycles. The maximum absolute atomic E-state index is 11.9. The van der Waals surface area contributed by atoms with Crippen molar-refractivity contribution in [1.82, 2.24) is 9.55 Å². The number of carboxylic acids is 1. The van der Waals surface area contributed by atoms with Gasteiger partial charge in [0.1, 0.15) is 0 Å². The first-order chi connectivity index (χ1) is 8.34. The summed E-state index contributed by atoms with van der Waals surface area (Å²) in [5.74, 6) is -1.83. The van der Waals surface area contributed by atoms with Crippen LogP contribution in [0.3, 0.4) is 0 Å². The van der Waals surface area contributed by atoms with E-state index in [1.165, 1.54) is 0 Å². The molecule has 0 saturated carbocycles. The lowest BCUT2D eigenvalue weighted by Gasteiger charge is -2.16. The van der Waals surface area contributed by atoms with Gasteiger partial charge in [-0.1, -0.05) is 13.8 Å². The van der Waals surface area contributed by atoms with Gasteiger partial charge in [-0.15, -0.1) is 0 Å². The molecular weight excluding hydrogens is 256 g/mol. The van der Waals surface area contributed by atoms with Gasteiger partial charge in [0.15, 0.2) is 15.1 Å². The van der Waals surface area contributed by atoms with E-state index < -0.39 is 27.0 Å². The number of rotatable bonds is 7. The van der Waals surface area contributed by atoms with Crippen LogP contribution in [0.15, 0.2) is 18.7 Å². The van der Waals surface area contributed by atoms with Gasteiger partial charge in [-0.3, -0.25) is 4.79 Å². The molecule has 6 nitrogen and oxygen atoms in total. The lowest BCUT2D eigenvalue weighted by Crippen LogP contribution is -2.36. The Morgan fingerprint density at radius 2 is 2.11 bits per heavy atom. The van der Waals surface area contributed by atoms with Crippen molar-refractivity contribution in [2.45, 2.75) is 32.1 Å². The molecule has 0 radical (unpaired) electrons. The van der Waals surface area contributed by atoms with Crippen LogP contribution < -0.4 is 0 Å². The van der Waals surface area contributed by atoms with Crippen LogP contribution >= 0.6 is 0 Å². The number of sulfone groups is 1. The van der Waals surface area contributed by atoms with Crippen LogP contribution in [-0.2, 0) is 21.2 Å². The normalized spacial score (nSPS) is 13.7. The Kier molecular flexibility index (Phi) is 4.89. The van der Waals surface area contributed by atoms with Gasteiger partial charge in [0, 0.05) is 18.9 Å². The summed E-state index contributed by atoms with van der Waals surface area (Å²) in [6.07, 6.45) is 5.34. The highest BCUT2D eigenvalue weighted by molar-refractivity contribution is 7.92. The molecule has 0 aliphatic rings. The molecule has 1 N–H and O–H groups in total. The molecule has 0 aliphatic heterocycles. The van der Waals surface area contributed by atoms with Crippen molar-refractivity contribution in [3.63, 3.8) is 0 Å². The second kappa shape index (κ2) is 5.99. The smallest absolute Gasteiger partial charge is 0.322 e. The van der Waals surface area contributed by atoms with Gasteiger partial charge >= 0.3 is 5.97 Å². The molecule has 18 heavy (non-hydrogen) atoms. The molecule has 1 atom stereocenters. The lowest BCUT2D eigenvalue weighted by molar-refractivity contribution is -0.137. The summed E-state index contributed by atoms with van der Waals surface area (Å²) >= 11 is 0. The van der Waals surface area contributed by atoms with Crippen molar-refractivity contribution in [1.29, 1.82) is 0 Å². The summed E-state index contributed by atoms with van der Waals surface area (Å²) in [7, 11) is -3.61. The summed E-state index contributed by atoms with van der Waals surface area (Å²) in [5.41, 5.74) is 0. The number of nitrogens with zero attached hydrogens (tertiary/aromatic N) is 2. The van der Waals surface area contributed by atoms with Gasteiger partial charge in [-0.2, -0.15) is 0 Å². The van der Waals surface area contributed by atoms with Gasteiger partial charge in [-0.25, -0.2) is 13.4 Å². The first kappa shape index (κ1) is 14.7. The van der Waals surface area contributed by atoms with E-state index in [-0.39, 0.29) is 5.75 Å². The number of carbonyl (C=O) groups is 1. The molecule has 1 unspecified atom stereocenters. The molecule has 0 aliphatic carbocycles. The predicted molar refractivity (Wildman–Crippen MR) is 66.9 cm³/mol. The van der Waals surface area contributed by atoms with E-state index in [9.17, 15) is 13.2 Å². The number of aliphatic carboxylic acids is 1. The van der Waals surface area contributed by atoms with Crippen LogP contribution in [0.5, 0.6) is 0 Å². The van der Waals surface area contributed by atoms with Gasteiger partial charge in [0.2, 0.25) is 0 Å². The number of imidazole rings is 1. The summed E-state index contributed by atoms with van der Waals surface area (Å²) in [6.45, 7) is 3.72. The number of hydrogen-bond acceptors (Lipinski definition) is 4. The van der Waals surface area contributed by atoms with Gasteiger partial charge in [0.05, 0.1) is 12.1 Å². The first-order valence-corrected chi connectivity index (χ1v) is 7.46. The zero-order valence-corrected chi connectivity index (χ0v) is 11.3. The van der Waals surface area contributed by atoms with Crippen LogP contribution in [0, 0.1) is 5.92 Å². The summed E-state index contributed by atoms with van der Waals surface area (Å²) in [4.78, 5) is 14.8. The molecule has 0 bridgehead atoms. The SMILES string of the molecule is CC(C)C(C(=O)O)S(=O)(=O)CCCn1ccnc1. The summed E-state index contributed by atoms with van der Waals surface area (Å²) in [5, 5.41) is 7.65. The minimum atomic E-state index is -3.61. The molecule has 0 spiro atoms. The molecule has 0 amide bonds. The fraction of sp³-hybridized carbons (Fsp3) is 0.636. The number of carboxylic acid groups (broad SMARTS) is 1. The highest BCUT2D eigenvalue weighted by Gasteiger charge is 2.34. The highest BCUT2D eigenvalue weighted by atomic mass is 32.2. The third-order valence-electron chi connectivity index (χ3n) is 2.64. The van der Waals surface area contributed by atoms with Crippen LogP contribution in [0.1, 0.15) is 20.3 Å². The van der Waals surface area contributed by atoms with Gasteiger partial charge in [0.25, 0.3) is 0 Å². The minimum Gasteiger partial charge on any atom is -0.480 e. The Hall–Kier alpha value is -1.37. The van der Waals surface area contributed by atoms with Crippen LogP contribution in [-0.4, -0.2) is 40.0 Å². The molecule has 102 valence electrons. The number of aromatic nitrogens is 2. The van der Waals surface area contributed by atoms with Crippen molar-refractivity contribution in [2.75, 3.05) is 5.75 Å². The van der Waals surface area contributed by atoms with Gasteiger partial charge < -0.3 is 9.67 Å². The monoisotopic (exact) mass is 274 g/mol. The predicted octanol–water partition coefficient (Wildman–Crippen LogP) is 0.797. The Morgan fingerprint density at radius 3 is 2.56 bits per heavy atom. The van der Waals surface area contributed by atoms with Crippen molar-refractivity contribution in [2.24, 2.45) is 5.92 Å². The third kappa shape index (κ3) is 3.83. The maximum atomic E-state index is 11.9. The second-order valence-corrected chi connectivity index (χ2v) is 6.77. The van der Waals surface area contributed by atoms with E-state index in [1.807, 2.05) is 0 Å². The highest BCUT2D eigenvalue weighted by Crippen LogP contribution is 2.15. The van der Waals surface area contributed by atoms with E-state index in [0.717, 1.165) is 0 Å². The largest absolute Gasteiger partial charge is 0.480 e. The van der Waals surface area contributed by atoms with Crippen molar-refractivity contribution in [3.05, 3.63) is 18.7 Å². The number of hydrogen-bond donors (Lipinski definition) is 1. The van der Waals surface area contributed by atoms with Crippen LogP contribution in [0.25, 0.3) is 0 Å². The lowest BCUT2D eigenvalue weighted by atomic mass is 10.1. The zero-order chi connectivity index (χ0) is 13.8. The average Bonchev–Trinajstić information content (AvgIpc) is 2.67. The molecule has 7 heteroatoms. The van der Waals surface area contributed by atoms with Crippen LogP contribution in [0.2, 0.25) is 0 Å². The fourth-order valence-corrected chi connectivity index (χ4v) is 3.77. The Balaban J connectivity index is 2.60. The molecular formula is C11H18N2O4S.